The third kappa shape index (κ3) is 6.71. The second-order valence-corrected chi connectivity index (χ2v) is 6.37. The van der Waals surface area contributed by atoms with E-state index in [4.69, 9.17) is 5.73 Å². The molecule has 1 rings (SSSR count). The standard InChI is InChI=1S/C17H27FN2O/c1-13-12-15(18)5-4-14(13)7-11-20-16(21)6-8-17(2,3)9-10-19/h4-5,12H,6-11,19H2,1-3H3,(H,20,21). The second-order valence-electron chi connectivity index (χ2n) is 6.37. The van der Waals surface area contributed by atoms with Gasteiger partial charge in [0.1, 0.15) is 5.82 Å². The highest BCUT2D eigenvalue weighted by Gasteiger charge is 2.18. The summed E-state index contributed by atoms with van der Waals surface area (Å²) in [5.74, 6) is -0.151. The van der Waals surface area contributed by atoms with Crippen molar-refractivity contribution in [2.24, 2.45) is 11.1 Å². The minimum Gasteiger partial charge on any atom is -0.356 e. The molecule has 0 heterocycles. The Labute approximate surface area is 127 Å². The van der Waals surface area contributed by atoms with Gasteiger partial charge in [0, 0.05) is 13.0 Å². The maximum atomic E-state index is 13.0. The number of carbonyl (C=O) groups excluding carboxylic acids is 1. The molecule has 0 radical (unpaired) electrons. The van der Waals surface area contributed by atoms with Crippen LogP contribution < -0.4 is 11.1 Å². The number of benzene rings is 1. The van der Waals surface area contributed by atoms with Crippen LogP contribution in [-0.2, 0) is 11.2 Å². The molecule has 0 spiro atoms. The van der Waals surface area contributed by atoms with Crippen LogP contribution >= 0.6 is 0 Å². The maximum Gasteiger partial charge on any atom is 0.220 e. The lowest BCUT2D eigenvalue weighted by Crippen LogP contribution is -2.27. The van der Waals surface area contributed by atoms with Gasteiger partial charge in [-0.3, -0.25) is 4.79 Å². The topological polar surface area (TPSA) is 55.1 Å². The minimum atomic E-state index is -0.220. The maximum absolute atomic E-state index is 13.0. The van der Waals surface area contributed by atoms with Crippen LogP contribution in [0.15, 0.2) is 18.2 Å². The summed E-state index contributed by atoms with van der Waals surface area (Å²) in [6, 6.07) is 4.76. The second kappa shape index (κ2) is 8.13. The number of hydrogen-bond donors (Lipinski definition) is 2. The molecular formula is C17H27FN2O. The Kier molecular flexibility index (Phi) is 6.82. The van der Waals surface area contributed by atoms with Crippen molar-refractivity contribution < 1.29 is 9.18 Å². The molecule has 0 atom stereocenters. The largest absolute Gasteiger partial charge is 0.356 e. The van der Waals surface area contributed by atoms with Crippen molar-refractivity contribution in [3.05, 3.63) is 35.1 Å². The van der Waals surface area contributed by atoms with Crippen LogP contribution in [0, 0.1) is 18.2 Å². The molecule has 0 unspecified atom stereocenters. The lowest BCUT2D eigenvalue weighted by molar-refractivity contribution is -0.121. The first kappa shape index (κ1) is 17.6. The zero-order valence-corrected chi connectivity index (χ0v) is 13.3. The molecule has 3 N–H and O–H groups in total. The molecule has 0 saturated heterocycles. The summed E-state index contributed by atoms with van der Waals surface area (Å²) in [5, 5.41) is 2.92. The molecule has 0 aromatic heterocycles. The van der Waals surface area contributed by atoms with E-state index in [9.17, 15) is 9.18 Å². The van der Waals surface area contributed by atoms with Crippen molar-refractivity contribution in [3.8, 4) is 0 Å². The Morgan fingerprint density at radius 3 is 2.67 bits per heavy atom. The molecule has 0 saturated carbocycles. The van der Waals surface area contributed by atoms with Crippen LogP contribution in [0.1, 0.15) is 44.2 Å². The molecule has 0 fully saturated rings. The zero-order valence-electron chi connectivity index (χ0n) is 13.3. The Balaban J connectivity index is 2.30. The van der Waals surface area contributed by atoms with Crippen LogP contribution in [0.4, 0.5) is 4.39 Å². The smallest absolute Gasteiger partial charge is 0.220 e. The van der Waals surface area contributed by atoms with E-state index in [0.29, 0.717) is 19.5 Å². The predicted octanol–water partition coefficient (Wildman–Crippen LogP) is 2.95. The quantitative estimate of drug-likeness (QED) is 0.774. The lowest BCUT2D eigenvalue weighted by atomic mass is 9.84. The average molecular weight is 294 g/mol. The van der Waals surface area contributed by atoms with Crippen molar-refractivity contribution in [1.82, 2.24) is 5.32 Å². The van der Waals surface area contributed by atoms with E-state index in [0.717, 1.165) is 30.4 Å². The Morgan fingerprint density at radius 2 is 2.05 bits per heavy atom. The predicted molar refractivity (Wildman–Crippen MR) is 84.5 cm³/mol. The van der Waals surface area contributed by atoms with Crippen molar-refractivity contribution in [3.63, 3.8) is 0 Å². The van der Waals surface area contributed by atoms with Gasteiger partial charge in [0.25, 0.3) is 0 Å². The first-order valence-electron chi connectivity index (χ1n) is 7.56. The molecule has 21 heavy (non-hydrogen) atoms. The van der Waals surface area contributed by atoms with Crippen LogP contribution in [-0.4, -0.2) is 19.0 Å². The number of amides is 1. The van der Waals surface area contributed by atoms with Gasteiger partial charge >= 0.3 is 0 Å². The Morgan fingerprint density at radius 1 is 1.33 bits per heavy atom. The molecule has 1 aromatic carbocycles. The highest BCUT2D eigenvalue weighted by Crippen LogP contribution is 2.25. The number of hydrogen-bond acceptors (Lipinski definition) is 2. The summed E-state index contributed by atoms with van der Waals surface area (Å²) in [7, 11) is 0. The number of rotatable bonds is 8. The summed E-state index contributed by atoms with van der Waals surface area (Å²) in [6.07, 6.45) is 3.01. The highest BCUT2D eigenvalue weighted by atomic mass is 19.1. The molecule has 0 aliphatic rings. The lowest BCUT2D eigenvalue weighted by Gasteiger charge is -2.23. The number of carbonyl (C=O) groups is 1. The van der Waals surface area contributed by atoms with Crippen LogP contribution in [0.5, 0.6) is 0 Å². The van der Waals surface area contributed by atoms with Gasteiger partial charge in [-0.2, -0.15) is 0 Å². The van der Waals surface area contributed by atoms with E-state index in [1.807, 2.05) is 6.92 Å². The average Bonchev–Trinajstić information content (AvgIpc) is 2.39. The van der Waals surface area contributed by atoms with Crippen LogP contribution in [0.3, 0.4) is 0 Å². The van der Waals surface area contributed by atoms with Gasteiger partial charge in [0.05, 0.1) is 0 Å². The van der Waals surface area contributed by atoms with Gasteiger partial charge in [-0.25, -0.2) is 4.39 Å². The summed E-state index contributed by atoms with van der Waals surface area (Å²) in [4.78, 5) is 11.8. The fourth-order valence-electron chi connectivity index (χ4n) is 2.33. The molecule has 3 nitrogen and oxygen atoms in total. The Hall–Kier alpha value is -1.42. The monoisotopic (exact) mass is 294 g/mol. The van der Waals surface area contributed by atoms with Gasteiger partial charge in [-0.1, -0.05) is 19.9 Å². The fourth-order valence-corrected chi connectivity index (χ4v) is 2.33. The summed E-state index contributed by atoms with van der Waals surface area (Å²) in [5.41, 5.74) is 7.67. The van der Waals surface area contributed by atoms with Crippen molar-refractivity contribution in [2.75, 3.05) is 13.1 Å². The van der Waals surface area contributed by atoms with Crippen molar-refractivity contribution in [2.45, 2.75) is 46.5 Å². The summed E-state index contributed by atoms with van der Waals surface area (Å²) >= 11 is 0. The highest BCUT2D eigenvalue weighted by molar-refractivity contribution is 5.75. The van der Waals surface area contributed by atoms with Crippen LogP contribution in [0.25, 0.3) is 0 Å². The normalized spacial score (nSPS) is 11.5. The van der Waals surface area contributed by atoms with Gasteiger partial charge in [0.2, 0.25) is 5.91 Å². The van der Waals surface area contributed by atoms with Gasteiger partial charge < -0.3 is 11.1 Å². The molecule has 4 heteroatoms. The van der Waals surface area contributed by atoms with Crippen molar-refractivity contribution in [1.29, 1.82) is 0 Å². The summed E-state index contributed by atoms with van der Waals surface area (Å²) < 4.78 is 13.0. The molecule has 118 valence electrons. The molecule has 1 amide bonds. The number of nitrogens with one attached hydrogen (secondary N) is 1. The summed E-state index contributed by atoms with van der Waals surface area (Å²) in [6.45, 7) is 7.39. The van der Waals surface area contributed by atoms with E-state index < -0.39 is 0 Å². The van der Waals surface area contributed by atoms with E-state index in [1.54, 1.807) is 6.07 Å². The van der Waals surface area contributed by atoms with Gasteiger partial charge in [0.15, 0.2) is 0 Å². The molecule has 0 aliphatic heterocycles. The zero-order chi connectivity index (χ0) is 15.9. The van der Waals surface area contributed by atoms with Crippen LogP contribution in [0.2, 0.25) is 0 Å². The molecular weight excluding hydrogens is 267 g/mol. The third-order valence-electron chi connectivity index (χ3n) is 3.87. The molecule has 0 aliphatic carbocycles. The first-order valence-corrected chi connectivity index (χ1v) is 7.56. The number of aryl methyl sites for hydroxylation is 1. The fraction of sp³-hybridized carbons (Fsp3) is 0.588. The Bertz CT molecular complexity index is 472. The van der Waals surface area contributed by atoms with E-state index in [1.165, 1.54) is 12.1 Å². The van der Waals surface area contributed by atoms with Crippen molar-refractivity contribution >= 4 is 5.91 Å². The molecule has 0 bridgehead atoms. The molecule has 1 aromatic rings. The number of halogens is 1. The first-order chi connectivity index (χ1) is 9.84. The van der Waals surface area contributed by atoms with E-state index in [-0.39, 0.29) is 17.1 Å². The van der Waals surface area contributed by atoms with Gasteiger partial charge in [-0.05, 0) is 61.4 Å². The van der Waals surface area contributed by atoms with E-state index in [2.05, 4.69) is 19.2 Å². The number of nitrogens with two attached hydrogens (primary N) is 1. The third-order valence-corrected chi connectivity index (χ3v) is 3.87. The van der Waals surface area contributed by atoms with Gasteiger partial charge in [-0.15, -0.1) is 0 Å². The van der Waals surface area contributed by atoms with E-state index >= 15 is 0 Å². The minimum absolute atomic E-state index is 0.0693. The SMILES string of the molecule is Cc1cc(F)ccc1CCNC(=O)CCC(C)(C)CCN.